The van der Waals surface area contributed by atoms with E-state index in [1.807, 2.05) is 0 Å². The van der Waals surface area contributed by atoms with E-state index >= 15 is 0 Å². The van der Waals surface area contributed by atoms with Crippen LogP contribution in [-0.4, -0.2) is 4.98 Å². The van der Waals surface area contributed by atoms with Crippen LogP contribution in [0.3, 0.4) is 0 Å². The summed E-state index contributed by atoms with van der Waals surface area (Å²) in [6, 6.07) is 31.9. The molecule has 1 heterocycles. The van der Waals surface area contributed by atoms with E-state index in [9.17, 15) is 0 Å². The van der Waals surface area contributed by atoms with E-state index in [0.29, 0.717) is 0 Å². The number of aromatic nitrogens is 1. The molecule has 1 aromatic heterocycles. The van der Waals surface area contributed by atoms with Crippen molar-refractivity contribution in [1.29, 1.82) is 0 Å². The van der Waals surface area contributed by atoms with Gasteiger partial charge in [0.05, 0.1) is 5.69 Å². The van der Waals surface area contributed by atoms with Crippen molar-refractivity contribution in [2.75, 3.05) is 0 Å². The lowest BCUT2D eigenvalue weighted by molar-refractivity contribution is 1.39. The average molecular weight is 421 g/mol. The van der Waals surface area contributed by atoms with Crippen LogP contribution in [0.25, 0.3) is 33.6 Å². The summed E-state index contributed by atoms with van der Waals surface area (Å²) >= 11 is 2.34. The summed E-state index contributed by atoms with van der Waals surface area (Å²) in [6.07, 6.45) is 0. The quantitative estimate of drug-likeness (QED) is 0.358. The summed E-state index contributed by atoms with van der Waals surface area (Å²) in [6.45, 7) is 0. The van der Waals surface area contributed by atoms with E-state index in [2.05, 4.69) is 119 Å². The van der Waals surface area contributed by atoms with Gasteiger partial charge in [-0.05, 0) is 57.5 Å². The monoisotopic (exact) mass is 421 g/mol. The molecule has 0 aliphatic rings. The predicted molar refractivity (Wildman–Crippen MR) is 110 cm³/mol. The molecule has 116 valence electrons. The van der Waals surface area contributed by atoms with Gasteiger partial charge in [0.1, 0.15) is 0 Å². The highest BCUT2D eigenvalue weighted by atomic mass is 127. The van der Waals surface area contributed by atoms with Crippen LogP contribution < -0.4 is 0 Å². The second-order valence-electron chi connectivity index (χ2n) is 5.71. The number of benzene rings is 3. The highest BCUT2D eigenvalue weighted by Gasteiger charge is 2.12. The molecule has 0 atom stereocenters. The molecule has 0 saturated heterocycles. The molecule has 2 heteroatoms. The summed E-state index contributed by atoms with van der Waals surface area (Å²) in [7, 11) is 0. The minimum Gasteiger partial charge on any atom is -0.354 e. The van der Waals surface area contributed by atoms with Crippen LogP contribution in [0.1, 0.15) is 0 Å². The fraction of sp³-hybridized carbons (Fsp3) is 0. The first-order chi connectivity index (χ1) is 11.8. The lowest BCUT2D eigenvalue weighted by Gasteiger charge is -2.04. The van der Waals surface area contributed by atoms with Crippen molar-refractivity contribution in [1.82, 2.24) is 4.98 Å². The molecule has 4 rings (SSSR count). The van der Waals surface area contributed by atoms with Gasteiger partial charge in [0.25, 0.3) is 0 Å². The van der Waals surface area contributed by atoms with Gasteiger partial charge in [0.15, 0.2) is 0 Å². The van der Waals surface area contributed by atoms with Crippen LogP contribution in [-0.2, 0) is 0 Å². The molecule has 24 heavy (non-hydrogen) atoms. The number of nitrogens with one attached hydrogen (secondary N) is 1. The molecule has 1 N–H and O–H groups in total. The van der Waals surface area contributed by atoms with Crippen molar-refractivity contribution in [3.8, 4) is 33.6 Å². The van der Waals surface area contributed by atoms with Crippen molar-refractivity contribution in [3.63, 3.8) is 0 Å². The Bertz CT molecular complexity index is 881. The van der Waals surface area contributed by atoms with Crippen LogP contribution in [0, 0.1) is 3.57 Å². The van der Waals surface area contributed by atoms with Gasteiger partial charge in [0.2, 0.25) is 0 Å². The average Bonchev–Trinajstić information content (AvgIpc) is 3.09. The van der Waals surface area contributed by atoms with Crippen LogP contribution in [0.5, 0.6) is 0 Å². The van der Waals surface area contributed by atoms with E-state index in [0.717, 1.165) is 11.4 Å². The Labute approximate surface area is 155 Å². The number of aromatic amines is 1. The summed E-state index contributed by atoms with van der Waals surface area (Å²) in [5, 5.41) is 0. The predicted octanol–water partition coefficient (Wildman–Crippen LogP) is 6.62. The van der Waals surface area contributed by atoms with E-state index in [1.54, 1.807) is 0 Å². The zero-order valence-electron chi connectivity index (χ0n) is 13.0. The fourth-order valence-electron chi connectivity index (χ4n) is 2.92. The second-order valence-corrected chi connectivity index (χ2v) is 6.96. The topological polar surface area (TPSA) is 15.8 Å². The van der Waals surface area contributed by atoms with Gasteiger partial charge in [-0.2, -0.15) is 0 Å². The summed E-state index contributed by atoms with van der Waals surface area (Å²) in [5.41, 5.74) is 7.17. The first-order valence-corrected chi connectivity index (χ1v) is 8.99. The highest BCUT2D eigenvalue weighted by molar-refractivity contribution is 14.1. The molecule has 0 unspecified atom stereocenters. The van der Waals surface area contributed by atoms with Crippen molar-refractivity contribution in [2.45, 2.75) is 0 Å². The van der Waals surface area contributed by atoms with Gasteiger partial charge >= 0.3 is 0 Å². The molecule has 0 saturated carbocycles. The van der Waals surface area contributed by atoms with Gasteiger partial charge in [-0.3, -0.25) is 0 Å². The molecule has 0 aliphatic carbocycles. The molecule has 0 spiro atoms. The van der Waals surface area contributed by atoms with Gasteiger partial charge in [-0.25, -0.2) is 0 Å². The molecular formula is C22H16IN. The Kier molecular flexibility index (Phi) is 4.22. The van der Waals surface area contributed by atoms with Crippen molar-refractivity contribution in [3.05, 3.63) is 94.6 Å². The zero-order chi connectivity index (χ0) is 16.4. The third-order valence-electron chi connectivity index (χ3n) is 4.12. The molecule has 0 aliphatic heterocycles. The summed E-state index contributed by atoms with van der Waals surface area (Å²) in [5.74, 6) is 0. The molecule has 3 aromatic carbocycles. The Hall–Kier alpha value is -2.33. The fourth-order valence-corrected chi connectivity index (χ4v) is 3.28. The molecular weight excluding hydrogens is 405 g/mol. The van der Waals surface area contributed by atoms with E-state index in [-0.39, 0.29) is 0 Å². The highest BCUT2D eigenvalue weighted by Crippen LogP contribution is 2.35. The smallest absolute Gasteiger partial charge is 0.0538 e. The molecule has 4 aromatic rings. The first kappa shape index (κ1) is 15.2. The minimum absolute atomic E-state index is 1.14. The first-order valence-electron chi connectivity index (χ1n) is 7.91. The third kappa shape index (κ3) is 3.02. The van der Waals surface area contributed by atoms with Crippen molar-refractivity contribution < 1.29 is 0 Å². The molecule has 0 radical (unpaired) electrons. The second kappa shape index (κ2) is 6.65. The minimum atomic E-state index is 1.14. The van der Waals surface area contributed by atoms with Gasteiger partial charge in [0, 0.05) is 14.8 Å². The zero-order valence-corrected chi connectivity index (χ0v) is 15.2. The Morgan fingerprint density at radius 1 is 0.583 bits per heavy atom. The van der Waals surface area contributed by atoms with Crippen molar-refractivity contribution >= 4 is 22.6 Å². The lowest BCUT2D eigenvalue weighted by atomic mass is 10.0. The lowest BCUT2D eigenvalue weighted by Crippen LogP contribution is -1.82. The normalized spacial score (nSPS) is 10.7. The number of rotatable bonds is 3. The summed E-state index contributed by atoms with van der Waals surface area (Å²) < 4.78 is 1.24. The maximum absolute atomic E-state index is 3.63. The standard InChI is InChI=1S/C22H16IN/c23-19-13-11-17(12-14-19)21-15-20(16-7-3-1-4-8-16)22(24-21)18-9-5-2-6-10-18/h1-15,24H. The van der Waals surface area contributed by atoms with Gasteiger partial charge in [-0.1, -0.05) is 72.8 Å². The van der Waals surface area contributed by atoms with Crippen LogP contribution in [0.4, 0.5) is 0 Å². The van der Waals surface area contributed by atoms with Gasteiger partial charge in [-0.15, -0.1) is 0 Å². The third-order valence-corrected chi connectivity index (χ3v) is 4.84. The molecule has 0 amide bonds. The van der Waals surface area contributed by atoms with Gasteiger partial charge < -0.3 is 4.98 Å². The molecule has 1 nitrogen and oxygen atoms in total. The summed E-state index contributed by atoms with van der Waals surface area (Å²) in [4.78, 5) is 3.63. The Balaban J connectivity index is 1.89. The van der Waals surface area contributed by atoms with Crippen LogP contribution >= 0.6 is 22.6 Å². The van der Waals surface area contributed by atoms with E-state index < -0.39 is 0 Å². The van der Waals surface area contributed by atoms with E-state index in [1.165, 1.54) is 25.8 Å². The maximum atomic E-state index is 3.63. The number of halogens is 1. The number of H-pyrrole nitrogens is 1. The maximum Gasteiger partial charge on any atom is 0.0538 e. The Morgan fingerprint density at radius 3 is 1.79 bits per heavy atom. The molecule has 0 fully saturated rings. The van der Waals surface area contributed by atoms with Crippen LogP contribution in [0.15, 0.2) is 91.0 Å². The number of hydrogen-bond acceptors (Lipinski definition) is 0. The number of hydrogen-bond donors (Lipinski definition) is 1. The largest absolute Gasteiger partial charge is 0.354 e. The molecule has 0 bridgehead atoms. The SMILES string of the molecule is Ic1ccc(-c2cc(-c3ccccc3)c(-c3ccccc3)[nH]2)cc1. The van der Waals surface area contributed by atoms with E-state index in [4.69, 9.17) is 0 Å². The van der Waals surface area contributed by atoms with Crippen LogP contribution in [0.2, 0.25) is 0 Å². The Morgan fingerprint density at radius 2 is 1.17 bits per heavy atom. The van der Waals surface area contributed by atoms with Crippen molar-refractivity contribution in [2.24, 2.45) is 0 Å².